The van der Waals surface area contributed by atoms with Crippen LogP contribution in [0, 0.1) is 6.92 Å². The molecule has 0 radical (unpaired) electrons. The van der Waals surface area contributed by atoms with Gasteiger partial charge in [0, 0.05) is 11.1 Å². The minimum absolute atomic E-state index is 0.152. The van der Waals surface area contributed by atoms with Crippen LogP contribution in [-0.2, 0) is 4.84 Å². The Morgan fingerprint density at radius 3 is 2.58 bits per heavy atom. The van der Waals surface area contributed by atoms with E-state index in [1.165, 1.54) is 0 Å². The van der Waals surface area contributed by atoms with Gasteiger partial charge in [-0.15, -0.1) is 0 Å². The van der Waals surface area contributed by atoms with Gasteiger partial charge in [-0.3, -0.25) is 14.4 Å². The molecule has 5 heteroatoms. The van der Waals surface area contributed by atoms with Gasteiger partial charge >= 0.3 is 0 Å². The highest BCUT2D eigenvalue weighted by Gasteiger charge is 2.18. The lowest BCUT2D eigenvalue weighted by Gasteiger charge is -2.10. The Bertz CT molecular complexity index is 945. The number of carbonyl (C=O) groups is 1. The first kappa shape index (κ1) is 16.0. The third kappa shape index (κ3) is 2.81. The Labute approximate surface area is 138 Å². The van der Waals surface area contributed by atoms with Crippen LogP contribution in [-0.4, -0.2) is 12.5 Å². The van der Waals surface area contributed by atoms with Crippen LogP contribution in [0.2, 0.25) is 0 Å². The quantitative estimate of drug-likeness (QED) is 0.747. The van der Waals surface area contributed by atoms with Crippen molar-refractivity contribution in [1.82, 2.24) is 5.48 Å². The highest BCUT2D eigenvalue weighted by atomic mass is 16.6. The molecule has 3 rings (SSSR count). The van der Waals surface area contributed by atoms with Gasteiger partial charge in [-0.05, 0) is 26.0 Å². The van der Waals surface area contributed by atoms with Crippen LogP contribution in [0.3, 0.4) is 0 Å². The number of amides is 1. The summed E-state index contributed by atoms with van der Waals surface area (Å²) < 4.78 is 5.98. The molecule has 122 valence electrons. The minimum Gasteiger partial charge on any atom is -0.455 e. The van der Waals surface area contributed by atoms with E-state index in [0.717, 1.165) is 5.56 Å². The summed E-state index contributed by atoms with van der Waals surface area (Å²) in [5.41, 5.74) is 3.99. The maximum absolute atomic E-state index is 12.7. The van der Waals surface area contributed by atoms with Crippen molar-refractivity contribution in [3.8, 4) is 11.3 Å². The second-order valence-electron chi connectivity index (χ2n) is 5.30. The molecule has 0 unspecified atom stereocenters. The van der Waals surface area contributed by atoms with Gasteiger partial charge in [0.05, 0.1) is 17.6 Å². The molecule has 3 aromatic rings. The molecular weight excluding hydrogens is 306 g/mol. The zero-order valence-electron chi connectivity index (χ0n) is 13.5. The highest BCUT2D eigenvalue weighted by Crippen LogP contribution is 2.27. The zero-order valence-corrected chi connectivity index (χ0v) is 13.5. The van der Waals surface area contributed by atoms with Gasteiger partial charge in [0.15, 0.2) is 11.0 Å². The highest BCUT2D eigenvalue weighted by molar-refractivity contribution is 6.04. The molecule has 5 nitrogen and oxygen atoms in total. The third-order valence-electron chi connectivity index (χ3n) is 3.73. The van der Waals surface area contributed by atoms with E-state index in [1.54, 1.807) is 32.0 Å². The molecule has 0 fully saturated rings. The Balaban J connectivity index is 2.25. The van der Waals surface area contributed by atoms with Crippen LogP contribution < -0.4 is 10.9 Å². The molecule has 0 bridgehead atoms. The smallest absolute Gasteiger partial charge is 0.278 e. The molecule has 1 amide bonds. The van der Waals surface area contributed by atoms with Crippen LogP contribution in [0.25, 0.3) is 22.3 Å². The first-order valence-electron chi connectivity index (χ1n) is 7.67. The summed E-state index contributed by atoms with van der Waals surface area (Å²) in [6.07, 6.45) is 0. The summed E-state index contributed by atoms with van der Waals surface area (Å²) in [5, 5.41) is 0.372. The Kier molecular flexibility index (Phi) is 4.44. The second-order valence-corrected chi connectivity index (χ2v) is 5.30. The summed E-state index contributed by atoms with van der Waals surface area (Å²) in [5.74, 6) is 0.0122. The number of carbonyl (C=O) groups excluding carboxylic acids is 1. The predicted molar refractivity (Wildman–Crippen MR) is 91.7 cm³/mol. The zero-order chi connectivity index (χ0) is 17.1. The summed E-state index contributed by atoms with van der Waals surface area (Å²) in [6, 6.07) is 14.3. The van der Waals surface area contributed by atoms with Crippen LogP contribution in [0.15, 0.2) is 57.7 Å². The van der Waals surface area contributed by atoms with Gasteiger partial charge in [0.2, 0.25) is 0 Å². The molecule has 1 heterocycles. The second kappa shape index (κ2) is 6.68. The Hall–Kier alpha value is -2.92. The first-order chi connectivity index (χ1) is 11.6. The van der Waals surface area contributed by atoms with Gasteiger partial charge in [-0.1, -0.05) is 36.4 Å². The van der Waals surface area contributed by atoms with Gasteiger partial charge < -0.3 is 4.42 Å². The van der Waals surface area contributed by atoms with Crippen molar-refractivity contribution in [3.05, 3.63) is 69.9 Å². The lowest BCUT2D eigenvalue weighted by atomic mass is 10.0. The molecular formula is C19H17NO4. The SMILES string of the molecule is CCONC(=O)c1cccc2c(=O)c(C)c(-c3ccccc3)oc12. The molecule has 0 saturated carbocycles. The molecule has 0 atom stereocenters. The lowest BCUT2D eigenvalue weighted by molar-refractivity contribution is 0.0365. The summed E-state index contributed by atoms with van der Waals surface area (Å²) >= 11 is 0. The average molecular weight is 323 g/mol. The lowest BCUT2D eigenvalue weighted by Crippen LogP contribution is -2.24. The van der Waals surface area contributed by atoms with Crippen LogP contribution in [0.5, 0.6) is 0 Å². The van der Waals surface area contributed by atoms with E-state index >= 15 is 0 Å². The topological polar surface area (TPSA) is 68.5 Å². The molecule has 0 saturated heterocycles. The summed E-state index contributed by atoms with van der Waals surface area (Å²) in [4.78, 5) is 29.9. The van der Waals surface area contributed by atoms with Crippen molar-refractivity contribution in [3.63, 3.8) is 0 Å². The van der Waals surface area contributed by atoms with Crippen molar-refractivity contribution in [2.75, 3.05) is 6.61 Å². The molecule has 0 aliphatic heterocycles. The van der Waals surface area contributed by atoms with Crippen LogP contribution >= 0.6 is 0 Å². The molecule has 1 N–H and O–H groups in total. The van der Waals surface area contributed by atoms with E-state index in [2.05, 4.69) is 5.48 Å². The number of nitrogens with one attached hydrogen (secondary N) is 1. The van der Waals surface area contributed by atoms with Crippen molar-refractivity contribution in [2.24, 2.45) is 0 Å². The van der Waals surface area contributed by atoms with Crippen LogP contribution in [0.1, 0.15) is 22.8 Å². The maximum atomic E-state index is 12.7. The Morgan fingerprint density at radius 1 is 1.12 bits per heavy atom. The number of rotatable bonds is 4. The van der Waals surface area contributed by atoms with Crippen LogP contribution in [0.4, 0.5) is 0 Å². The molecule has 2 aromatic carbocycles. The molecule has 0 aliphatic carbocycles. The van der Waals surface area contributed by atoms with E-state index in [4.69, 9.17) is 9.25 Å². The van der Waals surface area contributed by atoms with Crippen molar-refractivity contribution in [2.45, 2.75) is 13.8 Å². The van der Waals surface area contributed by atoms with Gasteiger partial charge in [0.25, 0.3) is 5.91 Å². The van der Waals surface area contributed by atoms with Crippen molar-refractivity contribution >= 4 is 16.9 Å². The normalized spacial score (nSPS) is 10.8. The summed E-state index contributed by atoms with van der Waals surface area (Å²) in [6.45, 7) is 3.83. The molecule has 0 spiro atoms. The van der Waals surface area contributed by atoms with E-state index in [9.17, 15) is 9.59 Å². The number of benzene rings is 2. The van der Waals surface area contributed by atoms with E-state index in [-0.39, 0.29) is 16.6 Å². The monoisotopic (exact) mass is 323 g/mol. The van der Waals surface area contributed by atoms with Gasteiger partial charge in [0.1, 0.15) is 5.76 Å². The van der Waals surface area contributed by atoms with Gasteiger partial charge in [-0.25, -0.2) is 5.48 Å². The number of hydroxylamine groups is 1. The standard InChI is InChI=1S/C19H17NO4/c1-3-23-20-19(22)15-11-7-10-14-16(21)12(2)17(24-18(14)15)13-8-5-4-6-9-13/h4-11H,3H2,1-2H3,(H,20,22). The number of hydrogen-bond acceptors (Lipinski definition) is 4. The van der Waals surface area contributed by atoms with Gasteiger partial charge in [-0.2, -0.15) is 0 Å². The molecule has 0 aliphatic rings. The van der Waals surface area contributed by atoms with E-state index < -0.39 is 5.91 Å². The maximum Gasteiger partial charge on any atom is 0.278 e. The fourth-order valence-electron chi connectivity index (χ4n) is 2.55. The third-order valence-corrected chi connectivity index (χ3v) is 3.73. The predicted octanol–water partition coefficient (Wildman–Crippen LogP) is 3.45. The van der Waals surface area contributed by atoms with E-state index in [0.29, 0.717) is 23.3 Å². The fourth-order valence-corrected chi connectivity index (χ4v) is 2.55. The largest absolute Gasteiger partial charge is 0.455 e. The Morgan fingerprint density at radius 2 is 1.88 bits per heavy atom. The van der Waals surface area contributed by atoms with E-state index in [1.807, 2.05) is 30.3 Å². The molecule has 1 aromatic heterocycles. The average Bonchev–Trinajstić information content (AvgIpc) is 2.63. The fraction of sp³-hybridized carbons (Fsp3) is 0.158. The minimum atomic E-state index is -0.450. The number of hydrogen-bond donors (Lipinski definition) is 1. The number of para-hydroxylation sites is 1. The number of fused-ring (bicyclic) bond motifs is 1. The summed E-state index contributed by atoms with van der Waals surface area (Å²) in [7, 11) is 0. The van der Waals surface area contributed by atoms with Crippen molar-refractivity contribution in [1.29, 1.82) is 0 Å². The van der Waals surface area contributed by atoms with Crippen molar-refractivity contribution < 1.29 is 14.0 Å². The first-order valence-corrected chi connectivity index (χ1v) is 7.67. The molecule has 24 heavy (non-hydrogen) atoms.